The van der Waals surface area contributed by atoms with Crippen molar-refractivity contribution in [2.75, 3.05) is 25.1 Å². The van der Waals surface area contributed by atoms with E-state index in [1.807, 2.05) is 12.1 Å². The van der Waals surface area contributed by atoms with Crippen LogP contribution in [-0.2, 0) is 4.74 Å². The average Bonchev–Trinajstić information content (AvgIpc) is 2.40. The molecule has 0 radical (unpaired) electrons. The number of hydrogen-bond acceptors (Lipinski definition) is 3. The monoisotopic (exact) mass is 262 g/mol. The van der Waals surface area contributed by atoms with Crippen LogP contribution in [0.4, 0.5) is 5.69 Å². The number of anilines is 1. The van der Waals surface area contributed by atoms with Crippen LogP contribution in [0.15, 0.2) is 29.8 Å². The molecular formula is C14H15ClN2O. The summed E-state index contributed by atoms with van der Waals surface area (Å²) in [7, 11) is 0. The van der Waals surface area contributed by atoms with Crippen LogP contribution in [0.3, 0.4) is 0 Å². The van der Waals surface area contributed by atoms with Crippen molar-refractivity contribution in [2.24, 2.45) is 0 Å². The van der Waals surface area contributed by atoms with Gasteiger partial charge in [0.1, 0.15) is 6.07 Å². The van der Waals surface area contributed by atoms with Crippen LogP contribution in [0, 0.1) is 11.3 Å². The lowest BCUT2D eigenvalue weighted by Crippen LogP contribution is -2.08. The molecule has 94 valence electrons. The van der Waals surface area contributed by atoms with E-state index in [4.69, 9.17) is 21.6 Å². The quantitative estimate of drug-likeness (QED) is 0.847. The third-order valence-electron chi connectivity index (χ3n) is 2.92. The van der Waals surface area contributed by atoms with E-state index in [0.717, 1.165) is 38.3 Å². The first-order valence-electron chi connectivity index (χ1n) is 5.99. The topological polar surface area (TPSA) is 45.0 Å². The Morgan fingerprint density at radius 1 is 1.44 bits per heavy atom. The fourth-order valence-electron chi connectivity index (χ4n) is 1.88. The predicted octanol–water partition coefficient (Wildman–Crippen LogP) is 3.36. The van der Waals surface area contributed by atoms with Crippen molar-refractivity contribution in [3.05, 3.63) is 40.4 Å². The van der Waals surface area contributed by atoms with E-state index < -0.39 is 0 Å². The molecule has 0 saturated heterocycles. The lowest BCUT2D eigenvalue weighted by Gasteiger charge is -2.14. The molecule has 0 fully saturated rings. The third kappa shape index (κ3) is 3.49. The molecule has 0 spiro atoms. The van der Waals surface area contributed by atoms with E-state index in [1.54, 1.807) is 12.1 Å². The summed E-state index contributed by atoms with van der Waals surface area (Å²) in [5.41, 5.74) is 2.90. The number of nitrogens with zero attached hydrogens (tertiary/aromatic N) is 1. The number of halogens is 1. The van der Waals surface area contributed by atoms with E-state index in [-0.39, 0.29) is 0 Å². The molecule has 1 aliphatic heterocycles. The molecule has 2 rings (SSSR count). The molecule has 0 atom stereocenters. The molecule has 0 aromatic heterocycles. The van der Waals surface area contributed by atoms with Gasteiger partial charge in [-0.2, -0.15) is 5.26 Å². The SMILES string of the molecule is N#Cc1ccc(NCCC2=CCOCC2)cc1Cl. The van der Waals surface area contributed by atoms with Crippen molar-refractivity contribution in [3.63, 3.8) is 0 Å². The molecule has 1 heterocycles. The zero-order chi connectivity index (χ0) is 12.8. The van der Waals surface area contributed by atoms with Crippen LogP contribution in [-0.4, -0.2) is 19.8 Å². The molecule has 0 saturated carbocycles. The number of rotatable bonds is 4. The Bertz CT molecular complexity index is 491. The smallest absolute Gasteiger partial charge is 0.101 e. The fourth-order valence-corrected chi connectivity index (χ4v) is 2.10. The normalized spacial score (nSPS) is 14.8. The Kier molecular flexibility index (Phi) is 4.63. The van der Waals surface area contributed by atoms with E-state index in [2.05, 4.69) is 11.4 Å². The molecule has 1 aromatic rings. The minimum absolute atomic E-state index is 0.493. The molecule has 3 nitrogen and oxygen atoms in total. The molecule has 18 heavy (non-hydrogen) atoms. The molecule has 0 bridgehead atoms. The third-order valence-corrected chi connectivity index (χ3v) is 3.23. The Morgan fingerprint density at radius 3 is 3.00 bits per heavy atom. The summed E-state index contributed by atoms with van der Waals surface area (Å²) < 4.78 is 5.26. The van der Waals surface area contributed by atoms with Gasteiger partial charge in [0.15, 0.2) is 0 Å². The summed E-state index contributed by atoms with van der Waals surface area (Å²) in [5.74, 6) is 0. The van der Waals surface area contributed by atoms with Crippen molar-refractivity contribution < 1.29 is 4.74 Å². The number of nitrogens with one attached hydrogen (secondary N) is 1. The van der Waals surface area contributed by atoms with Crippen molar-refractivity contribution >= 4 is 17.3 Å². The van der Waals surface area contributed by atoms with E-state index in [9.17, 15) is 0 Å². The zero-order valence-corrected chi connectivity index (χ0v) is 10.8. The lowest BCUT2D eigenvalue weighted by molar-refractivity contribution is 0.153. The first-order chi connectivity index (χ1) is 8.79. The summed E-state index contributed by atoms with van der Waals surface area (Å²) in [6.45, 7) is 2.43. The number of benzene rings is 1. The molecule has 1 N–H and O–H groups in total. The maximum absolute atomic E-state index is 8.78. The van der Waals surface area contributed by atoms with Gasteiger partial charge < -0.3 is 10.1 Å². The second-order valence-corrected chi connectivity index (χ2v) is 4.58. The van der Waals surface area contributed by atoms with Gasteiger partial charge >= 0.3 is 0 Å². The van der Waals surface area contributed by atoms with Crippen LogP contribution in [0.5, 0.6) is 0 Å². The van der Waals surface area contributed by atoms with Crippen LogP contribution in [0.25, 0.3) is 0 Å². The maximum Gasteiger partial charge on any atom is 0.101 e. The van der Waals surface area contributed by atoms with Gasteiger partial charge in [-0.05, 0) is 31.0 Å². The van der Waals surface area contributed by atoms with Gasteiger partial charge in [0.25, 0.3) is 0 Å². The van der Waals surface area contributed by atoms with E-state index in [1.165, 1.54) is 5.57 Å². The summed E-state index contributed by atoms with van der Waals surface area (Å²) in [4.78, 5) is 0. The highest BCUT2D eigenvalue weighted by Crippen LogP contribution is 2.20. The molecule has 1 aromatic carbocycles. The second-order valence-electron chi connectivity index (χ2n) is 4.17. The van der Waals surface area contributed by atoms with Gasteiger partial charge in [0.2, 0.25) is 0 Å². The minimum Gasteiger partial charge on any atom is -0.385 e. The second kappa shape index (κ2) is 6.44. The zero-order valence-electron chi connectivity index (χ0n) is 10.1. The Hall–Kier alpha value is -1.50. The largest absolute Gasteiger partial charge is 0.385 e. The van der Waals surface area contributed by atoms with Gasteiger partial charge in [-0.15, -0.1) is 0 Å². The van der Waals surface area contributed by atoms with Crippen LogP contribution >= 0.6 is 11.6 Å². The lowest BCUT2D eigenvalue weighted by atomic mass is 10.1. The fraction of sp³-hybridized carbons (Fsp3) is 0.357. The van der Waals surface area contributed by atoms with Crippen molar-refractivity contribution in [1.82, 2.24) is 0 Å². The number of nitriles is 1. The van der Waals surface area contributed by atoms with E-state index >= 15 is 0 Å². The molecule has 0 unspecified atom stereocenters. The molecule has 1 aliphatic rings. The average molecular weight is 263 g/mol. The summed E-state index contributed by atoms with van der Waals surface area (Å²) in [6.07, 6.45) is 4.19. The Balaban J connectivity index is 1.85. The van der Waals surface area contributed by atoms with Crippen LogP contribution < -0.4 is 5.32 Å². The van der Waals surface area contributed by atoms with E-state index in [0.29, 0.717) is 10.6 Å². The van der Waals surface area contributed by atoms with Gasteiger partial charge in [-0.1, -0.05) is 23.3 Å². The highest BCUT2D eigenvalue weighted by atomic mass is 35.5. The molecule has 0 amide bonds. The standard InChI is InChI=1S/C14H15ClN2O/c15-14-9-13(2-1-12(14)10-16)17-6-3-11-4-7-18-8-5-11/h1-2,4,9,17H,3,5-8H2. The Labute approximate surface area is 112 Å². The van der Waals surface area contributed by atoms with Crippen LogP contribution in [0.2, 0.25) is 5.02 Å². The minimum atomic E-state index is 0.493. The first kappa shape index (κ1) is 12.9. The van der Waals surface area contributed by atoms with Crippen LogP contribution in [0.1, 0.15) is 18.4 Å². The molecule has 0 aliphatic carbocycles. The molecule has 4 heteroatoms. The predicted molar refractivity (Wildman–Crippen MR) is 72.8 cm³/mol. The van der Waals surface area contributed by atoms with Crippen molar-refractivity contribution in [2.45, 2.75) is 12.8 Å². The summed E-state index contributed by atoms with van der Waals surface area (Å²) in [5, 5.41) is 12.6. The highest BCUT2D eigenvalue weighted by molar-refractivity contribution is 6.32. The number of ether oxygens (including phenoxy) is 1. The van der Waals surface area contributed by atoms with Gasteiger partial charge in [0.05, 0.1) is 23.8 Å². The van der Waals surface area contributed by atoms with Gasteiger partial charge in [-0.25, -0.2) is 0 Å². The first-order valence-corrected chi connectivity index (χ1v) is 6.36. The maximum atomic E-state index is 8.78. The number of hydrogen-bond donors (Lipinski definition) is 1. The van der Waals surface area contributed by atoms with Gasteiger partial charge in [-0.3, -0.25) is 0 Å². The van der Waals surface area contributed by atoms with Gasteiger partial charge in [0, 0.05) is 12.2 Å². The highest BCUT2D eigenvalue weighted by Gasteiger charge is 2.04. The van der Waals surface area contributed by atoms with Crippen molar-refractivity contribution in [3.8, 4) is 6.07 Å². The summed E-state index contributed by atoms with van der Waals surface area (Å²) in [6, 6.07) is 7.45. The summed E-state index contributed by atoms with van der Waals surface area (Å²) >= 11 is 5.97. The van der Waals surface area contributed by atoms with Crippen molar-refractivity contribution in [1.29, 1.82) is 5.26 Å². The Morgan fingerprint density at radius 2 is 2.33 bits per heavy atom. The molecular weight excluding hydrogens is 248 g/mol.